The van der Waals surface area contributed by atoms with E-state index < -0.39 is 24.4 Å². The van der Waals surface area contributed by atoms with Gasteiger partial charge < -0.3 is 10.8 Å². The van der Waals surface area contributed by atoms with E-state index in [4.69, 9.17) is 10.8 Å². The highest BCUT2D eigenvalue weighted by molar-refractivity contribution is 9.10. The molecule has 16 heavy (non-hydrogen) atoms. The monoisotopic (exact) mass is 294 g/mol. The van der Waals surface area contributed by atoms with Crippen molar-refractivity contribution >= 4 is 21.9 Å². The first-order valence-corrected chi connectivity index (χ1v) is 5.12. The molecule has 0 unspecified atom stereocenters. The third kappa shape index (κ3) is 2.73. The largest absolute Gasteiger partial charge is 0.481 e. The Labute approximate surface area is 98.6 Å². The zero-order chi connectivity index (χ0) is 12.3. The van der Waals surface area contributed by atoms with Crippen molar-refractivity contribution in [3.05, 3.63) is 27.5 Å². The number of carbonyl (C=O) groups is 1. The molecule has 1 rings (SSSR count). The number of aliphatic carboxylic acids is 1. The van der Waals surface area contributed by atoms with Gasteiger partial charge in [-0.1, -0.05) is 0 Å². The molecule has 0 amide bonds. The minimum Gasteiger partial charge on any atom is -0.481 e. The van der Waals surface area contributed by atoms with Crippen molar-refractivity contribution in [3.63, 3.8) is 0 Å². The van der Waals surface area contributed by atoms with Gasteiger partial charge in [0.05, 0.1) is 17.7 Å². The number of hydrogen-bond donors (Lipinski definition) is 2. The Balaban J connectivity index is 3.28. The molecule has 0 aliphatic heterocycles. The van der Waals surface area contributed by atoms with Crippen LogP contribution in [0.2, 0.25) is 0 Å². The molecule has 4 nitrogen and oxygen atoms in total. The molecular formula is C9H9BrF2N2O2. The molecule has 7 heteroatoms. The van der Waals surface area contributed by atoms with E-state index in [9.17, 15) is 13.6 Å². The van der Waals surface area contributed by atoms with E-state index >= 15 is 0 Å². The summed E-state index contributed by atoms with van der Waals surface area (Å²) in [6.07, 6.45) is -2.03. The topological polar surface area (TPSA) is 76.2 Å². The quantitative estimate of drug-likeness (QED) is 0.889. The maximum absolute atomic E-state index is 12.8. The number of nitrogens with two attached hydrogens (primary N) is 1. The molecule has 1 heterocycles. The van der Waals surface area contributed by atoms with Gasteiger partial charge in [0.1, 0.15) is 0 Å². The van der Waals surface area contributed by atoms with Gasteiger partial charge in [-0.3, -0.25) is 9.78 Å². The molecule has 0 spiro atoms. The number of carboxylic acid groups (broad SMARTS) is 1. The second-order valence-electron chi connectivity index (χ2n) is 3.03. The van der Waals surface area contributed by atoms with Crippen molar-refractivity contribution in [2.24, 2.45) is 5.73 Å². The van der Waals surface area contributed by atoms with Gasteiger partial charge in [0, 0.05) is 17.2 Å². The second-order valence-corrected chi connectivity index (χ2v) is 3.83. The van der Waals surface area contributed by atoms with Crippen molar-refractivity contribution in [1.82, 2.24) is 4.98 Å². The molecule has 1 aromatic heterocycles. The number of hydrogen-bond acceptors (Lipinski definition) is 3. The average molecular weight is 295 g/mol. The van der Waals surface area contributed by atoms with Crippen LogP contribution in [-0.4, -0.2) is 16.1 Å². The molecule has 0 aliphatic carbocycles. The average Bonchev–Trinajstić information content (AvgIpc) is 2.16. The first-order valence-electron chi connectivity index (χ1n) is 4.33. The lowest BCUT2D eigenvalue weighted by Crippen LogP contribution is -2.10. The van der Waals surface area contributed by atoms with Crippen LogP contribution in [0.5, 0.6) is 0 Å². The summed E-state index contributed by atoms with van der Waals surface area (Å²) >= 11 is 2.99. The maximum atomic E-state index is 12.8. The first kappa shape index (κ1) is 13.0. The van der Waals surface area contributed by atoms with Gasteiger partial charge in [0.15, 0.2) is 0 Å². The fourth-order valence-corrected chi connectivity index (χ4v) is 1.90. The summed E-state index contributed by atoms with van der Waals surface area (Å²) in [5, 5.41) is 8.57. The molecular weight excluding hydrogens is 286 g/mol. The highest BCUT2D eigenvalue weighted by atomic mass is 79.9. The Morgan fingerprint density at radius 3 is 2.69 bits per heavy atom. The number of nitrogens with zero attached hydrogens (tertiary/aromatic N) is 1. The number of rotatable bonds is 4. The Hall–Kier alpha value is -1.08. The highest BCUT2D eigenvalue weighted by Crippen LogP contribution is 2.32. The fourth-order valence-electron chi connectivity index (χ4n) is 1.23. The summed E-state index contributed by atoms with van der Waals surface area (Å²) in [4.78, 5) is 14.2. The lowest BCUT2D eigenvalue weighted by Gasteiger charge is -2.11. The SMILES string of the molecule is NCc1cnc(CC(=O)O)c(C(F)F)c1Br. The third-order valence-electron chi connectivity index (χ3n) is 1.96. The molecule has 88 valence electrons. The highest BCUT2D eigenvalue weighted by Gasteiger charge is 2.21. The second kappa shape index (κ2) is 5.31. The van der Waals surface area contributed by atoms with Gasteiger partial charge >= 0.3 is 5.97 Å². The standard InChI is InChI=1S/C9H9BrF2N2O2/c10-8-4(2-13)3-14-5(1-6(15)16)7(8)9(11)12/h3,9H,1-2,13H2,(H,15,16). The van der Waals surface area contributed by atoms with Crippen molar-refractivity contribution in [3.8, 4) is 0 Å². The molecule has 1 aromatic rings. The number of pyridine rings is 1. The van der Waals surface area contributed by atoms with E-state index in [-0.39, 0.29) is 16.7 Å². The predicted octanol–water partition coefficient (Wildman–Crippen LogP) is 1.87. The predicted molar refractivity (Wildman–Crippen MR) is 56.1 cm³/mol. The normalized spacial score (nSPS) is 10.8. The molecule has 3 N–H and O–H groups in total. The molecule has 0 radical (unpaired) electrons. The van der Waals surface area contributed by atoms with E-state index in [0.717, 1.165) is 0 Å². The smallest absolute Gasteiger partial charge is 0.309 e. The van der Waals surface area contributed by atoms with Gasteiger partial charge in [-0.2, -0.15) is 0 Å². The van der Waals surface area contributed by atoms with Crippen LogP contribution < -0.4 is 5.73 Å². The fraction of sp³-hybridized carbons (Fsp3) is 0.333. The Bertz CT molecular complexity index is 413. The van der Waals surface area contributed by atoms with Crippen LogP contribution in [0.15, 0.2) is 10.7 Å². The van der Waals surface area contributed by atoms with E-state index in [1.807, 2.05) is 0 Å². The summed E-state index contributed by atoms with van der Waals surface area (Å²) in [6, 6.07) is 0. The van der Waals surface area contributed by atoms with Crippen LogP contribution in [-0.2, 0) is 17.8 Å². The van der Waals surface area contributed by atoms with Crippen molar-refractivity contribution in [2.75, 3.05) is 0 Å². The van der Waals surface area contributed by atoms with Crippen LogP contribution in [0, 0.1) is 0 Å². The van der Waals surface area contributed by atoms with Crippen LogP contribution in [0.3, 0.4) is 0 Å². The minimum atomic E-state index is -2.79. The third-order valence-corrected chi connectivity index (χ3v) is 2.90. The van der Waals surface area contributed by atoms with Crippen molar-refractivity contribution < 1.29 is 18.7 Å². The molecule has 0 aromatic carbocycles. The molecule has 0 aliphatic rings. The molecule has 0 bridgehead atoms. The van der Waals surface area contributed by atoms with Gasteiger partial charge in [0.25, 0.3) is 6.43 Å². The Kier molecular flexibility index (Phi) is 4.31. The summed E-state index contributed by atoms with van der Waals surface area (Å²) < 4.78 is 25.6. The summed E-state index contributed by atoms with van der Waals surface area (Å²) in [6.45, 7) is 0.0562. The van der Waals surface area contributed by atoms with Crippen molar-refractivity contribution in [2.45, 2.75) is 19.4 Å². The van der Waals surface area contributed by atoms with Gasteiger partial charge in [-0.15, -0.1) is 0 Å². The van der Waals surface area contributed by atoms with Crippen LogP contribution >= 0.6 is 15.9 Å². The zero-order valence-corrected chi connectivity index (χ0v) is 9.67. The number of alkyl halides is 2. The van der Waals surface area contributed by atoms with Crippen molar-refractivity contribution in [1.29, 1.82) is 0 Å². The van der Waals surface area contributed by atoms with Gasteiger partial charge in [0.2, 0.25) is 0 Å². The number of aromatic nitrogens is 1. The minimum absolute atomic E-state index is 0.0562. The van der Waals surface area contributed by atoms with Crippen LogP contribution in [0.4, 0.5) is 8.78 Å². The summed E-state index contributed by atoms with van der Waals surface area (Å²) in [7, 11) is 0. The maximum Gasteiger partial charge on any atom is 0.309 e. The lowest BCUT2D eigenvalue weighted by atomic mass is 10.1. The van der Waals surface area contributed by atoms with E-state index in [1.54, 1.807) is 0 Å². The Morgan fingerprint density at radius 1 is 1.62 bits per heavy atom. The molecule has 0 saturated carbocycles. The number of carboxylic acids is 1. The van der Waals surface area contributed by atoms with E-state index in [2.05, 4.69) is 20.9 Å². The molecule has 0 fully saturated rings. The first-order chi connectivity index (χ1) is 7.47. The lowest BCUT2D eigenvalue weighted by molar-refractivity contribution is -0.136. The number of halogens is 3. The Morgan fingerprint density at radius 2 is 2.25 bits per heavy atom. The molecule has 0 atom stereocenters. The van der Waals surface area contributed by atoms with Gasteiger partial charge in [-0.05, 0) is 21.5 Å². The van der Waals surface area contributed by atoms with Gasteiger partial charge in [-0.25, -0.2) is 8.78 Å². The van der Waals surface area contributed by atoms with E-state index in [0.29, 0.717) is 5.56 Å². The zero-order valence-electron chi connectivity index (χ0n) is 8.08. The van der Waals surface area contributed by atoms with Crippen LogP contribution in [0.25, 0.3) is 0 Å². The van der Waals surface area contributed by atoms with E-state index in [1.165, 1.54) is 6.20 Å². The molecule has 0 saturated heterocycles. The summed E-state index contributed by atoms with van der Waals surface area (Å²) in [5.74, 6) is -1.21. The van der Waals surface area contributed by atoms with Crippen LogP contribution in [0.1, 0.15) is 23.2 Å². The summed E-state index contributed by atoms with van der Waals surface area (Å²) in [5.41, 5.74) is 5.22.